The van der Waals surface area contributed by atoms with Crippen molar-refractivity contribution < 1.29 is 4.74 Å². The van der Waals surface area contributed by atoms with Crippen molar-refractivity contribution in [2.75, 3.05) is 32.8 Å². The third-order valence-electron chi connectivity index (χ3n) is 5.58. The maximum atomic E-state index is 11.7. The number of pyridine rings is 1. The van der Waals surface area contributed by atoms with E-state index in [2.05, 4.69) is 24.5 Å². The normalized spacial score (nSPS) is 15.7. The Hall–Kier alpha value is -1.09. The Labute approximate surface area is 192 Å². The monoisotopic (exact) mass is 518 g/mol. The summed E-state index contributed by atoms with van der Waals surface area (Å²) < 4.78 is 7.37. The Morgan fingerprint density at radius 2 is 2.00 bits per heavy atom. The van der Waals surface area contributed by atoms with Crippen molar-refractivity contribution >= 4 is 29.9 Å². The smallest absolute Gasteiger partial charge is 0.250 e. The van der Waals surface area contributed by atoms with E-state index in [4.69, 9.17) is 9.73 Å². The quantitative estimate of drug-likeness (QED) is 0.191. The first kappa shape index (κ1) is 25.9. The van der Waals surface area contributed by atoms with Crippen molar-refractivity contribution in [3.05, 3.63) is 34.7 Å². The van der Waals surface area contributed by atoms with E-state index < -0.39 is 0 Å². The first-order valence-electron chi connectivity index (χ1n) is 10.9. The number of hydrogen-bond acceptors (Lipinski definition) is 3. The van der Waals surface area contributed by atoms with E-state index in [1.54, 1.807) is 16.7 Å². The van der Waals surface area contributed by atoms with Gasteiger partial charge in [-0.3, -0.25) is 9.79 Å². The van der Waals surface area contributed by atoms with Crippen molar-refractivity contribution in [3.8, 4) is 0 Å². The minimum atomic E-state index is 0. The van der Waals surface area contributed by atoms with Crippen LogP contribution in [0.25, 0.3) is 0 Å². The highest BCUT2D eigenvalue weighted by atomic mass is 127. The van der Waals surface area contributed by atoms with Crippen molar-refractivity contribution in [2.45, 2.75) is 65.3 Å². The second kappa shape index (κ2) is 14.8. The predicted octanol–water partition coefficient (Wildman–Crippen LogP) is 3.79. The molecule has 0 unspecified atom stereocenters. The highest BCUT2D eigenvalue weighted by Crippen LogP contribution is 2.41. The van der Waals surface area contributed by atoms with Crippen LogP contribution in [0.1, 0.15) is 58.8 Å². The number of rotatable bonds is 12. The van der Waals surface area contributed by atoms with Gasteiger partial charge >= 0.3 is 0 Å². The van der Waals surface area contributed by atoms with Crippen LogP contribution in [0.15, 0.2) is 34.2 Å². The molecule has 1 aromatic heterocycles. The summed E-state index contributed by atoms with van der Waals surface area (Å²) in [5, 5.41) is 6.81. The SMILES string of the molecule is CCNC(=NCC1(CCOCC)CCCC1)NCCCCn1ccccc1=O.I. The van der Waals surface area contributed by atoms with Crippen LogP contribution in [0.5, 0.6) is 0 Å². The Balaban J connectivity index is 0.00000420. The molecule has 1 fully saturated rings. The standard InChI is InChI=1S/C22H38N4O2.HI/c1-3-23-21(24-15-8-10-17-26-16-9-5-11-20(26)27)25-19-22(12-6-7-13-22)14-18-28-4-2;/h5,9,11,16H,3-4,6-8,10,12-15,17-19H2,1-2H3,(H2,23,24,25);1H. The number of guanidine groups is 1. The van der Waals surface area contributed by atoms with Crippen molar-refractivity contribution in [3.63, 3.8) is 0 Å². The summed E-state index contributed by atoms with van der Waals surface area (Å²) >= 11 is 0. The number of nitrogens with one attached hydrogen (secondary N) is 2. The molecule has 1 heterocycles. The minimum Gasteiger partial charge on any atom is -0.382 e. The molecule has 166 valence electrons. The second-order valence-electron chi connectivity index (χ2n) is 7.72. The van der Waals surface area contributed by atoms with Gasteiger partial charge in [-0.05, 0) is 57.4 Å². The van der Waals surface area contributed by atoms with E-state index >= 15 is 0 Å². The summed E-state index contributed by atoms with van der Waals surface area (Å²) in [6, 6.07) is 5.30. The van der Waals surface area contributed by atoms with Gasteiger partial charge in [-0.25, -0.2) is 0 Å². The van der Waals surface area contributed by atoms with Crippen molar-refractivity contribution in [2.24, 2.45) is 10.4 Å². The summed E-state index contributed by atoms with van der Waals surface area (Å²) in [5.74, 6) is 0.905. The molecule has 0 bridgehead atoms. The number of aryl methyl sites for hydroxylation is 1. The van der Waals surface area contributed by atoms with Gasteiger partial charge in [0.1, 0.15) is 0 Å². The molecule has 2 rings (SSSR count). The van der Waals surface area contributed by atoms with Crippen molar-refractivity contribution in [1.29, 1.82) is 0 Å². The molecule has 0 aliphatic heterocycles. The maximum Gasteiger partial charge on any atom is 0.250 e. The zero-order valence-corrected chi connectivity index (χ0v) is 20.5. The summed E-state index contributed by atoms with van der Waals surface area (Å²) in [6.07, 6.45) is 10.1. The van der Waals surface area contributed by atoms with E-state index in [-0.39, 0.29) is 29.5 Å². The molecule has 7 heteroatoms. The lowest BCUT2D eigenvalue weighted by atomic mass is 9.83. The molecule has 0 saturated heterocycles. The average Bonchev–Trinajstić information content (AvgIpc) is 3.16. The Morgan fingerprint density at radius 1 is 1.21 bits per heavy atom. The number of halogens is 1. The molecule has 0 atom stereocenters. The minimum absolute atomic E-state index is 0. The number of aromatic nitrogens is 1. The van der Waals surface area contributed by atoms with Gasteiger partial charge in [-0.2, -0.15) is 0 Å². The molecule has 29 heavy (non-hydrogen) atoms. The lowest BCUT2D eigenvalue weighted by Gasteiger charge is -2.27. The molecule has 0 aromatic carbocycles. The number of hydrogen-bond donors (Lipinski definition) is 2. The fourth-order valence-electron chi connectivity index (χ4n) is 3.89. The van der Waals surface area contributed by atoms with Crippen LogP contribution in [0, 0.1) is 5.41 Å². The highest BCUT2D eigenvalue weighted by molar-refractivity contribution is 14.0. The van der Waals surface area contributed by atoms with Crippen LogP contribution < -0.4 is 16.2 Å². The molecular formula is C22H39IN4O2. The fourth-order valence-corrected chi connectivity index (χ4v) is 3.89. The van der Waals surface area contributed by atoms with E-state index in [9.17, 15) is 4.79 Å². The Morgan fingerprint density at radius 3 is 2.69 bits per heavy atom. The molecule has 1 saturated carbocycles. The van der Waals surface area contributed by atoms with E-state index in [0.717, 1.165) is 64.6 Å². The van der Waals surface area contributed by atoms with Crippen LogP contribution in [-0.4, -0.2) is 43.4 Å². The van der Waals surface area contributed by atoms with Gasteiger partial charge in [-0.1, -0.05) is 18.9 Å². The molecular weight excluding hydrogens is 479 g/mol. The summed E-state index contributed by atoms with van der Waals surface area (Å²) in [7, 11) is 0. The lowest BCUT2D eigenvalue weighted by Crippen LogP contribution is -2.39. The summed E-state index contributed by atoms with van der Waals surface area (Å²) in [4.78, 5) is 16.6. The number of ether oxygens (including phenoxy) is 1. The van der Waals surface area contributed by atoms with Gasteiger partial charge in [-0.15, -0.1) is 24.0 Å². The van der Waals surface area contributed by atoms with Crippen LogP contribution in [0.3, 0.4) is 0 Å². The van der Waals surface area contributed by atoms with Gasteiger partial charge in [0.25, 0.3) is 0 Å². The van der Waals surface area contributed by atoms with Crippen molar-refractivity contribution in [1.82, 2.24) is 15.2 Å². The number of aliphatic imine (C=N–C) groups is 1. The van der Waals surface area contributed by atoms with Gasteiger partial charge in [0.15, 0.2) is 5.96 Å². The summed E-state index contributed by atoms with van der Waals surface area (Å²) in [6.45, 7) is 9.13. The van der Waals surface area contributed by atoms with Crippen LogP contribution in [0.2, 0.25) is 0 Å². The molecule has 1 aliphatic carbocycles. The third-order valence-corrected chi connectivity index (χ3v) is 5.58. The molecule has 1 aliphatic rings. The first-order valence-corrected chi connectivity index (χ1v) is 10.9. The molecule has 0 amide bonds. The van der Waals surface area contributed by atoms with Gasteiger partial charge in [0.05, 0.1) is 0 Å². The number of nitrogens with zero attached hydrogens (tertiary/aromatic N) is 2. The highest BCUT2D eigenvalue weighted by Gasteiger charge is 2.33. The van der Waals surface area contributed by atoms with E-state index in [1.165, 1.54) is 25.7 Å². The summed E-state index contributed by atoms with van der Waals surface area (Å²) in [5.41, 5.74) is 0.380. The molecule has 1 aromatic rings. The van der Waals surface area contributed by atoms with E-state index in [0.29, 0.717) is 5.41 Å². The Kier molecular flexibility index (Phi) is 13.3. The largest absolute Gasteiger partial charge is 0.382 e. The van der Waals surface area contributed by atoms with Crippen LogP contribution in [-0.2, 0) is 11.3 Å². The topological polar surface area (TPSA) is 67.7 Å². The molecule has 0 spiro atoms. The predicted molar refractivity (Wildman–Crippen MR) is 131 cm³/mol. The fraction of sp³-hybridized carbons (Fsp3) is 0.727. The van der Waals surface area contributed by atoms with Gasteiger partial charge in [0.2, 0.25) is 5.56 Å². The Bertz CT molecular complexity index is 642. The molecule has 2 N–H and O–H groups in total. The van der Waals surface area contributed by atoms with Gasteiger partial charge in [0, 0.05) is 51.7 Å². The van der Waals surface area contributed by atoms with E-state index in [1.807, 2.05) is 12.3 Å². The van der Waals surface area contributed by atoms with Crippen LogP contribution in [0.4, 0.5) is 0 Å². The van der Waals surface area contributed by atoms with Crippen LogP contribution >= 0.6 is 24.0 Å². The zero-order valence-electron chi connectivity index (χ0n) is 18.1. The average molecular weight is 518 g/mol. The molecule has 0 radical (unpaired) electrons. The molecule has 6 nitrogen and oxygen atoms in total. The zero-order chi connectivity index (χ0) is 20.1. The number of unbranched alkanes of at least 4 members (excludes halogenated alkanes) is 1. The maximum absolute atomic E-state index is 11.7. The first-order chi connectivity index (χ1) is 13.7. The third kappa shape index (κ3) is 9.51. The van der Waals surface area contributed by atoms with Gasteiger partial charge < -0.3 is 19.9 Å². The lowest BCUT2D eigenvalue weighted by molar-refractivity contribution is 0.107. The second-order valence-corrected chi connectivity index (χ2v) is 7.72.